The summed E-state index contributed by atoms with van der Waals surface area (Å²) in [5.41, 5.74) is 1.66. The smallest absolute Gasteiger partial charge is 0.251 e. The fourth-order valence-electron chi connectivity index (χ4n) is 1.88. The van der Waals surface area contributed by atoms with Crippen molar-refractivity contribution in [2.24, 2.45) is 0 Å². The molecule has 1 aromatic carbocycles. The normalized spacial score (nSPS) is 10.9. The van der Waals surface area contributed by atoms with E-state index in [2.05, 4.69) is 10.2 Å². The Hall–Kier alpha value is -2.07. The zero-order valence-corrected chi connectivity index (χ0v) is 11.2. The molecule has 0 amide bonds. The van der Waals surface area contributed by atoms with Gasteiger partial charge in [0, 0.05) is 10.6 Å². The minimum atomic E-state index is 0.458. The van der Waals surface area contributed by atoms with E-state index in [4.69, 9.17) is 20.4 Å². The van der Waals surface area contributed by atoms with Gasteiger partial charge in [0.05, 0.1) is 5.56 Å². The van der Waals surface area contributed by atoms with E-state index in [-0.39, 0.29) is 0 Å². The zero-order chi connectivity index (χ0) is 13.4. The lowest BCUT2D eigenvalue weighted by atomic mass is 10.2. The monoisotopic (exact) mass is 274 g/mol. The van der Waals surface area contributed by atoms with Crippen molar-refractivity contribution in [3.8, 4) is 22.9 Å². The number of benzene rings is 1. The van der Waals surface area contributed by atoms with Crippen LogP contribution in [0.5, 0.6) is 0 Å². The highest BCUT2D eigenvalue weighted by atomic mass is 35.5. The second-order valence-corrected chi connectivity index (χ2v) is 4.68. The van der Waals surface area contributed by atoms with Crippen LogP contribution in [0.2, 0.25) is 5.02 Å². The number of nitrogens with zero attached hydrogens (tertiary/aromatic N) is 2. The SMILES string of the molecule is Cc1cc(-c2nnc(-c3ccc(Cl)cc3)o2)c(C)o1. The third-order valence-corrected chi connectivity index (χ3v) is 3.04. The summed E-state index contributed by atoms with van der Waals surface area (Å²) in [6.07, 6.45) is 0. The summed E-state index contributed by atoms with van der Waals surface area (Å²) in [6, 6.07) is 9.14. The third kappa shape index (κ3) is 2.27. The van der Waals surface area contributed by atoms with Gasteiger partial charge in [-0.25, -0.2) is 0 Å². The van der Waals surface area contributed by atoms with E-state index >= 15 is 0 Å². The van der Waals surface area contributed by atoms with Crippen molar-refractivity contribution < 1.29 is 8.83 Å². The van der Waals surface area contributed by atoms with E-state index in [0.717, 1.165) is 22.6 Å². The maximum Gasteiger partial charge on any atom is 0.251 e. The average molecular weight is 275 g/mol. The van der Waals surface area contributed by atoms with Gasteiger partial charge in [0.1, 0.15) is 11.5 Å². The number of halogens is 1. The zero-order valence-electron chi connectivity index (χ0n) is 10.5. The van der Waals surface area contributed by atoms with Crippen LogP contribution >= 0.6 is 11.6 Å². The second-order valence-electron chi connectivity index (χ2n) is 4.25. The Morgan fingerprint density at radius 3 is 2.26 bits per heavy atom. The second kappa shape index (κ2) is 4.55. The first-order valence-corrected chi connectivity index (χ1v) is 6.18. The van der Waals surface area contributed by atoms with Crippen molar-refractivity contribution >= 4 is 11.6 Å². The van der Waals surface area contributed by atoms with Crippen LogP contribution in [-0.4, -0.2) is 10.2 Å². The molecular weight excluding hydrogens is 264 g/mol. The molecule has 2 aromatic heterocycles. The van der Waals surface area contributed by atoms with Crippen molar-refractivity contribution in [1.82, 2.24) is 10.2 Å². The minimum absolute atomic E-state index is 0.458. The number of rotatable bonds is 2. The van der Waals surface area contributed by atoms with Gasteiger partial charge >= 0.3 is 0 Å². The molecule has 0 unspecified atom stereocenters. The standard InChI is InChI=1S/C14H11ClN2O2/c1-8-7-12(9(2)18-8)14-17-16-13(19-14)10-3-5-11(15)6-4-10/h3-7H,1-2H3. The third-order valence-electron chi connectivity index (χ3n) is 2.79. The molecule has 0 bridgehead atoms. The quantitative estimate of drug-likeness (QED) is 0.700. The first-order valence-electron chi connectivity index (χ1n) is 5.80. The largest absolute Gasteiger partial charge is 0.466 e. The van der Waals surface area contributed by atoms with Crippen LogP contribution in [0.15, 0.2) is 39.2 Å². The summed E-state index contributed by atoms with van der Waals surface area (Å²) in [7, 11) is 0. The van der Waals surface area contributed by atoms with E-state index in [0.29, 0.717) is 16.8 Å². The van der Waals surface area contributed by atoms with Crippen molar-refractivity contribution in [3.63, 3.8) is 0 Å². The summed E-state index contributed by atoms with van der Waals surface area (Å²) in [5, 5.41) is 8.76. The van der Waals surface area contributed by atoms with Crippen molar-refractivity contribution in [2.45, 2.75) is 13.8 Å². The maximum atomic E-state index is 5.84. The molecule has 3 aromatic rings. The summed E-state index contributed by atoms with van der Waals surface area (Å²) in [4.78, 5) is 0. The van der Waals surface area contributed by atoms with Crippen LogP contribution in [0.3, 0.4) is 0 Å². The van der Waals surface area contributed by atoms with E-state index < -0.39 is 0 Å². The van der Waals surface area contributed by atoms with Crippen LogP contribution in [-0.2, 0) is 0 Å². The number of hydrogen-bond acceptors (Lipinski definition) is 4. The van der Waals surface area contributed by atoms with E-state index in [1.54, 1.807) is 12.1 Å². The fourth-order valence-corrected chi connectivity index (χ4v) is 2.01. The lowest BCUT2D eigenvalue weighted by Gasteiger charge is -1.94. The highest BCUT2D eigenvalue weighted by Gasteiger charge is 2.15. The van der Waals surface area contributed by atoms with Gasteiger partial charge in [-0.15, -0.1) is 10.2 Å². The summed E-state index contributed by atoms with van der Waals surface area (Å²) in [6.45, 7) is 3.75. The highest BCUT2D eigenvalue weighted by Crippen LogP contribution is 2.28. The molecule has 0 saturated carbocycles. The number of aromatic nitrogens is 2. The van der Waals surface area contributed by atoms with Gasteiger partial charge in [0.15, 0.2) is 0 Å². The van der Waals surface area contributed by atoms with Gasteiger partial charge in [-0.1, -0.05) is 11.6 Å². The van der Waals surface area contributed by atoms with E-state index in [9.17, 15) is 0 Å². The Balaban J connectivity index is 1.99. The molecular formula is C14H11ClN2O2. The van der Waals surface area contributed by atoms with Gasteiger partial charge in [0.25, 0.3) is 5.89 Å². The molecule has 0 aliphatic carbocycles. The molecule has 3 rings (SSSR count). The molecule has 0 aliphatic heterocycles. The molecule has 0 atom stereocenters. The average Bonchev–Trinajstić information content (AvgIpc) is 2.97. The highest BCUT2D eigenvalue weighted by molar-refractivity contribution is 6.30. The van der Waals surface area contributed by atoms with Crippen LogP contribution < -0.4 is 0 Å². The summed E-state index contributed by atoms with van der Waals surface area (Å²) >= 11 is 5.84. The first kappa shape index (κ1) is 12.0. The Labute approximate surface area is 115 Å². The molecule has 0 aliphatic rings. The first-order chi connectivity index (χ1) is 9.13. The predicted octanol–water partition coefficient (Wildman–Crippen LogP) is 4.27. The molecule has 0 fully saturated rings. The molecule has 96 valence electrons. The van der Waals surface area contributed by atoms with Crippen LogP contribution in [0.1, 0.15) is 11.5 Å². The summed E-state index contributed by atoms with van der Waals surface area (Å²) < 4.78 is 11.1. The predicted molar refractivity (Wildman–Crippen MR) is 71.9 cm³/mol. The van der Waals surface area contributed by atoms with Crippen LogP contribution in [0.4, 0.5) is 0 Å². The molecule has 5 heteroatoms. The molecule has 4 nitrogen and oxygen atoms in total. The maximum absolute atomic E-state index is 5.84. The molecule has 0 N–H and O–H groups in total. The lowest BCUT2D eigenvalue weighted by molar-refractivity contribution is 0.503. The Kier molecular flexibility index (Phi) is 2.87. The van der Waals surface area contributed by atoms with Crippen molar-refractivity contribution in [1.29, 1.82) is 0 Å². The molecule has 19 heavy (non-hydrogen) atoms. The Morgan fingerprint density at radius 1 is 0.947 bits per heavy atom. The van der Waals surface area contributed by atoms with Crippen molar-refractivity contribution in [3.05, 3.63) is 46.9 Å². The minimum Gasteiger partial charge on any atom is -0.466 e. The van der Waals surface area contributed by atoms with Gasteiger partial charge in [-0.2, -0.15) is 0 Å². The fraction of sp³-hybridized carbons (Fsp3) is 0.143. The lowest BCUT2D eigenvalue weighted by Crippen LogP contribution is -1.77. The molecule has 2 heterocycles. The van der Waals surface area contributed by atoms with E-state index in [1.807, 2.05) is 32.0 Å². The number of aryl methyl sites for hydroxylation is 2. The number of hydrogen-bond donors (Lipinski definition) is 0. The van der Waals surface area contributed by atoms with E-state index in [1.165, 1.54) is 0 Å². The van der Waals surface area contributed by atoms with Crippen LogP contribution in [0.25, 0.3) is 22.9 Å². The number of furan rings is 1. The molecule has 0 spiro atoms. The Morgan fingerprint density at radius 2 is 1.63 bits per heavy atom. The van der Waals surface area contributed by atoms with Crippen molar-refractivity contribution in [2.75, 3.05) is 0 Å². The Bertz CT molecular complexity index is 713. The molecule has 0 saturated heterocycles. The van der Waals surface area contributed by atoms with Gasteiger partial charge in [-0.3, -0.25) is 0 Å². The van der Waals surface area contributed by atoms with Crippen LogP contribution in [0, 0.1) is 13.8 Å². The van der Waals surface area contributed by atoms with Gasteiger partial charge in [-0.05, 0) is 44.2 Å². The summed E-state index contributed by atoms with van der Waals surface area (Å²) in [5.74, 6) is 2.51. The molecule has 0 radical (unpaired) electrons. The topological polar surface area (TPSA) is 52.1 Å². The van der Waals surface area contributed by atoms with Gasteiger partial charge < -0.3 is 8.83 Å². The van der Waals surface area contributed by atoms with Gasteiger partial charge in [0.2, 0.25) is 5.89 Å².